The molecule has 2 heterocycles. The molecule has 5 nitrogen and oxygen atoms in total. The highest BCUT2D eigenvalue weighted by Crippen LogP contribution is 2.17. The van der Waals surface area contributed by atoms with Crippen LogP contribution in [0.1, 0.15) is 11.4 Å². The zero-order chi connectivity index (χ0) is 16.2. The van der Waals surface area contributed by atoms with E-state index in [1.165, 1.54) is 6.07 Å². The molecule has 0 unspecified atom stereocenters. The Labute approximate surface area is 139 Å². The number of aryl methyl sites for hydroxylation is 1. The SMILES string of the molecule is Cc1nccn1-c1ccc(CN=C(N)N2CCSCC2)cc1F. The minimum Gasteiger partial charge on any atom is -0.370 e. The summed E-state index contributed by atoms with van der Waals surface area (Å²) >= 11 is 1.92. The molecule has 1 aromatic heterocycles. The summed E-state index contributed by atoms with van der Waals surface area (Å²) in [5, 5.41) is 0. The van der Waals surface area contributed by atoms with Gasteiger partial charge in [-0.05, 0) is 24.6 Å². The molecule has 23 heavy (non-hydrogen) atoms. The number of imidazole rings is 1. The molecule has 7 heteroatoms. The minimum atomic E-state index is -0.285. The molecule has 1 saturated heterocycles. The number of aliphatic imine (C=N–C) groups is 1. The second kappa shape index (κ2) is 7.04. The lowest BCUT2D eigenvalue weighted by Gasteiger charge is -2.27. The summed E-state index contributed by atoms with van der Waals surface area (Å²) in [6.07, 6.45) is 3.41. The fourth-order valence-electron chi connectivity index (χ4n) is 2.54. The Kier molecular flexibility index (Phi) is 4.85. The van der Waals surface area contributed by atoms with Gasteiger partial charge in [-0.1, -0.05) is 6.07 Å². The molecule has 0 bridgehead atoms. The van der Waals surface area contributed by atoms with Crippen LogP contribution in [0.25, 0.3) is 5.69 Å². The maximum absolute atomic E-state index is 14.3. The minimum absolute atomic E-state index is 0.285. The van der Waals surface area contributed by atoms with E-state index >= 15 is 0 Å². The molecule has 0 aliphatic carbocycles. The first kappa shape index (κ1) is 15.9. The molecule has 1 aliphatic rings. The van der Waals surface area contributed by atoms with Crippen molar-refractivity contribution >= 4 is 17.7 Å². The van der Waals surface area contributed by atoms with E-state index in [4.69, 9.17) is 5.73 Å². The van der Waals surface area contributed by atoms with Gasteiger partial charge in [-0.15, -0.1) is 0 Å². The largest absolute Gasteiger partial charge is 0.370 e. The molecule has 2 aromatic rings. The summed E-state index contributed by atoms with van der Waals surface area (Å²) in [4.78, 5) is 10.6. The quantitative estimate of drug-likeness (QED) is 0.691. The lowest BCUT2D eigenvalue weighted by Crippen LogP contribution is -2.42. The van der Waals surface area contributed by atoms with E-state index in [1.54, 1.807) is 23.0 Å². The smallest absolute Gasteiger partial charge is 0.191 e. The Morgan fingerprint density at radius 2 is 2.17 bits per heavy atom. The summed E-state index contributed by atoms with van der Waals surface area (Å²) in [6, 6.07) is 5.14. The van der Waals surface area contributed by atoms with Crippen LogP contribution in [0.4, 0.5) is 4.39 Å². The van der Waals surface area contributed by atoms with E-state index in [-0.39, 0.29) is 5.82 Å². The molecule has 0 amide bonds. The van der Waals surface area contributed by atoms with Crippen LogP contribution >= 0.6 is 11.8 Å². The molecule has 0 radical (unpaired) electrons. The highest BCUT2D eigenvalue weighted by atomic mass is 32.2. The van der Waals surface area contributed by atoms with Crippen LogP contribution in [0.3, 0.4) is 0 Å². The standard InChI is InChI=1S/C16H20FN5S/c1-12-19-4-5-22(12)15-3-2-13(10-14(15)17)11-20-16(18)21-6-8-23-9-7-21/h2-5,10H,6-9,11H2,1H3,(H2,18,20). The van der Waals surface area contributed by atoms with Crippen molar-refractivity contribution in [1.82, 2.24) is 14.5 Å². The second-order valence-electron chi connectivity index (χ2n) is 5.40. The average Bonchev–Trinajstić information content (AvgIpc) is 2.99. The van der Waals surface area contributed by atoms with Crippen molar-refractivity contribution in [3.63, 3.8) is 0 Å². The topological polar surface area (TPSA) is 59.4 Å². The van der Waals surface area contributed by atoms with Gasteiger partial charge < -0.3 is 15.2 Å². The molecule has 1 aliphatic heterocycles. The van der Waals surface area contributed by atoms with Gasteiger partial charge in [-0.25, -0.2) is 14.4 Å². The highest BCUT2D eigenvalue weighted by Gasteiger charge is 2.12. The van der Waals surface area contributed by atoms with Crippen LogP contribution in [-0.2, 0) is 6.54 Å². The van der Waals surface area contributed by atoms with Crippen molar-refractivity contribution in [3.05, 3.63) is 47.8 Å². The number of guanidine groups is 1. The average molecular weight is 333 g/mol. The van der Waals surface area contributed by atoms with E-state index in [9.17, 15) is 4.39 Å². The molecule has 122 valence electrons. The Bertz CT molecular complexity index is 706. The molecule has 0 atom stereocenters. The number of nitrogens with zero attached hydrogens (tertiary/aromatic N) is 4. The third kappa shape index (κ3) is 3.67. The number of benzene rings is 1. The van der Waals surface area contributed by atoms with E-state index in [0.717, 1.165) is 36.0 Å². The van der Waals surface area contributed by atoms with Crippen LogP contribution in [0.5, 0.6) is 0 Å². The highest BCUT2D eigenvalue weighted by molar-refractivity contribution is 7.99. The molecule has 0 spiro atoms. The number of aromatic nitrogens is 2. The molecular formula is C16H20FN5S. The first-order valence-electron chi connectivity index (χ1n) is 7.56. The van der Waals surface area contributed by atoms with Gasteiger partial charge in [0, 0.05) is 37.0 Å². The second-order valence-corrected chi connectivity index (χ2v) is 6.63. The first-order chi connectivity index (χ1) is 11.1. The van der Waals surface area contributed by atoms with Gasteiger partial charge in [0.25, 0.3) is 0 Å². The predicted octanol–water partition coefficient (Wildman–Crippen LogP) is 2.18. The van der Waals surface area contributed by atoms with E-state index < -0.39 is 0 Å². The van der Waals surface area contributed by atoms with E-state index in [0.29, 0.717) is 18.2 Å². The van der Waals surface area contributed by atoms with Crippen molar-refractivity contribution in [2.45, 2.75) is 13.5 Å². The van der Waals surface area contributed by atoms with Gasteiger partial charge >= 0.3 is 0 Å². The summed E-state index contributed by atoms with van der Waals surface area (Å²) in [5.74, 6) is 3.15. The van der Waals surface area contributed by atoms with Gasteiger partial charge in [0.15, 0.2) is 5.96 Å². The number of hydrogen-bond donors (Lipinski definition) is 1. The molecule has 1 fully saturated rings. The maximum Gasteiger partial charge on any atom is 0.191 e. The van der Waals surface area contributed by atoms with Crippen LogP contribution in [0, 0.1) is 12.7 Å². The van der Waals surface area contributed by atoms with Gasteiger partial charge in [0.05, 0.1) is 12.2 Å². The summed E-state index contributed by atoms with van der Waals surface area (Å²) in [5.41, 5.74) is 7.32. The molecule has 1 aromatic carbocycles. The van der Waals surface area contributed by atoms with Gasteiger partial charge in [-0.3, -0.25) is 0 Å². The lowest BCUT2D eigenvalue weighted by atomic mass is 10.2. The molecule has 0 saturated carbocycles. The number of nitrogens with two attached hydrogens (primary N) is 1. The first-order valence-corrected chi connectivity index (χ1v) is 8.72. The van der Waals surface area contributed by atoms with Crippen molar-refractivity contribution in [1.29, 1.82) is 0 Å². The van der Waals surface area contributed by atoms with Gasteiger partial charge in [-0.2, -0.15) is 11.8 Å². The lowest BCUT2D eigenvalue weighted by molar-refractivity contribution is 0.455. The van der Waals surface area contributed by atoms with Crippen LogP contribution in [0.2, 0.25) is 0 Å². The monoisotopic (exact) mass is 333 g/mol. The van der Waals surface area contributed by atoms with Crippen molar-refractivity contribution < 1.29 is 4.39 Å². The van der Waals surface area contributed by atoms with Crippen LogP contribution in [-0.4, -0.2) is 45.0 Å². The summed E-state index contributed by atoms with van der Waals surface area (Å²) in [7, 11) is 0. The van der Waals surface area contributed by atoms with Gasteiger partial charge in [0.1, 0.15) is 11.6 Å². The zero-order valence-electron chi connectivity index (χ0n) is 13.1. The van der Waals surface area contributed by atoms with Crippen molar-refractivity contribution in [3.8, 4) is 5.69 Å². The van der Waals surface area contributed by atoms with Crippen molar-refractivity contribution in [2.75, 3.05) is 24.6 Å². The Balaban J connectivity index is 1.72. The van der Waals surface area contributed by atoms with E-state index in [2.05, 4.69) is 14.9 Å². The Morgan fingerprint density at radius 1 is 1.39 bits per heavy atom. The summed E-state index contributed by atoms with van der Waals surface area (Å²) < 4.78 is 16.1. The summed E-state index contributed by atoms with van der Waals surface area (Å²) in [6.45, 7) is 4.07. The molecular weight excluding hydrogens is 313 g/mol. The zero-order valence-corrected chi connectivity index (χ0v) is 13.9. The molecule has 3 rings (SSSR count). The predicted molar refractivity (Wildman–Crippen MR) is 92.5 cm³/mol. The third-order valence-corrected chi connectivity index (χ3v) is 4.80. The third-order valence-electron chi connectivity index (χ3n) is 3.86. The van der Waals surface area contributed by atoms with Crippen LogP contribution in [0.15, 0.2) is 35.6 Å². The number of hydrogen-bond acceptors (Lipinski definition) is 3. The van der Waals surface area contributed by atoms with Crippen LogP contribution < -0.4 is 5.73 Å². The molecule has 2 N–H and O–H groups in total. The number of thioether (sulfide) groups is 1. The van der Waals surface area contributed by atoms with E-state index in [1.807, 2.05) is 24.8 Å². The number of halogens is 1. The number of rotatable bonds is 3. The Morgan fingerprint density at radius 3 is 2.83 bits per heavy atom. The maximum atomic E-state index is 14.3. The normalized spacial score (nSPS) is 15.9. The fraction of sp³-hybridized carbons (Fsp3) is 0.375. The Hall–Kier alpha value is -2.02. The van der Waals surface area contributed by atoms with Gasteiger partial charge in [0.2, 0.25) is 0 Å². The fourth-order valence-corrected chi connectivity index (χ4v) is 3.44. The van der Waals surface area contributed by atoms with Crippen molar-refractivity contribution in [2.24, 2.45) is 10.7 Å².